The van der Waals surface area contributed by atoms with Crippen LogP contribution in [-0.2, 0) is 23.7 Å². The highest BCUT2D eigenvalue weighted by atomic mass is 16.7. The lowest BCUT2D eigenvalue weighted by molar-refractivity contribution is -0.359. The van der Waals surface area contributed by atoms with Crippen LogP contribution in [0.5, 0.6) is 0 Å². The molecule has 9 N–H and O–H groups in total. The highest BCUT2D eigenvalue weighted by molar-refractivity contribution is 5.76. The molecule has 576 valence electrons. The zero-order chi connectivity index (χ0) is 70.8. The van der Waals surface area contributed by atoms with E-state index in [0.717, 1.165) is 44.9 Å². The summed E-state index contributed by atoms with van der Waals surface area (Å²) in [5, 5.41) is 87.7. The number of unbranched alkanes of at least 4 members (excludes halogenated alkanes) is 52. The first-order valence-electron chi connectivity index (χ1n) is 41.9. The summed E-state index contributed by atoms with van der Waals surface area (Å²) in [6.45, 7) is 2.84. The molecule has 2 saturated heterocycles. The minimum atomic E-state index is -1.79. The Kier molecular flexibility index (Phi) is 63.9. The minimum absolute atomic E-state index is 0.246. The molecule has 0 aromatic carbocycles. The molecule has 0 radical (unpaired) electrons. The van der Waals surface area contributed by atoms with Gasteiger partial charge in [-0.05, 0) is 70.6 Å². The Bertz CT molecular complexity index is 1830. The van der Waals surface area contributed by atoms with Crippen molar-refractivity contribution in [3.8, 4) is 0 Å². The van der Waals surface area contributed by atoms with Gasteiger partial charge in [-0.1, -0.05) is 358 Å². The standard InChI is InChI=1S/C84H157NO13/c1-3-5-7-9-11-13-15-17-19-21-23-25-27-29-31-32-33-34-35-36-37-38-39-40-42-44-46-48-50-52-54-56-58-60-62-64-66-68-76(89)85-72(71-95-83-81(94)79(92)82(75(70-87)97-83)98-84-80(93)78(91)77(90)74(69-86)96-84)73(88)67-65-63-61-59-57-55-53-51-49-47-45-43-41-30-28-26-24-22-20-18-16-14-12-10-8-6-4-2/h21,23,49,51,57,59,65,67,72-75,77-84,86-88,90-94H,3-20,22,24-48,50,52-56,58,60-64,66,68-71H2,1-2H3,(H,85,89)/b23-21-,51-49+,59-57+,67-65+. The number of aliphatic hydroxyl groups excluding tert-OH is 8. The van der Waals surface area contributed by atoms with E-state index in [1.165, 1.54) is 308 Å². The van der Waals surface area contributed by atoms with Crippen LogP contribution in [-0.4, -0.2) is 140 Å². The first-order chi connectivity index (χ1) is 48.1. The number of amides is 1. The van der Waals surface area contributed by atoms with Gasteiger partial charge in [-0.15, -0.1) is 0 Å². The summed E-state index contributed by atoms with van der Waals surface area (Å²) < 4.78 is 22.9. The van der Waals surface area contributed by atoms with Gasteiger partial charge in [-0.2, -0.15) is 0 Å². The third-order valence-electron chi connectivity index (χ3n) is 20.5. The monoisotopic (exact) mass is 1390 g/mol. The highest BCUT2D eigenvalue weighted by Gasteiger charge is 2.51. The van der Waals surface area contributed by atoms with Gasteiger partial charge >= 0.3 is 0 Å². The molecule has 14 nitrogen and oxygen atoms in total. The number of nitrogens with one attached hydrogen (secondary N) is 1. The fourth-order valence-electron chi connectivity index (χ4n) is 13.9. The van der Waals surface area contributed by atoms with Gasteiger partial charge in [0.25, 0.3) is 0 Å². The van der Waals surface area contributed by atoms with Crippen molar-refractivity contribution >= 4 is 5.91 Å². The van der Waals surface area contributed by atoms with Crippen molar-refractivity contribution < 1.29 is 64.6 Å². The highest BCUT2D eigenvalue weighted by Crippen LogP contribution is 2.30. The average Bonchev–Trinajstić information content (AvgIpc) is 0.793. The number of rotatable bonds is 71. The van der Waals surface area contributed by atoms with E-state index < -0.39 is 86.8 Å². The second-order valence-electron chi connectivity index (χ2n) is 29.6. The van der Waals surface area contributed by atoms with Gasteiger partial charge in [-0.25, -0.2) is 0 Å². The van der Waals surface area contributed by atoms with Gasteiger partial charge in [0, 0.05) is 6.42 Å². The molecule has 2 fully saturated rings. The summed E-state index contributed by atoms with van der Waals surface area (Å²) in [6, 6.07) is -0.939. The zero-order valence-corrected chi connectivity index (χ0v) is 63.3. The molecule has 0 aromatic heterocycles. The van der Waals surface area contributed by atoms with Crippen LogP contribution in [0.4, 0.5) is 0 Å². The van der Waals surface area contributed by atoms with Gasteiger partial charge in [-0.3, -0.25) is 4.79 Å². The first kappa shape index (κ1) is 92.0. The van der Waals surface area contributed by atoms with E-state index in [2.05, 4.69) is 55.6 Å². The van der Waals surface area contributed by atoms with Crippen LogP contribution in [0.2, 0.25) is 0 Å². The summed E-state index contributed by atoms with van der Waals surface area (Å²) in [4.78, 5) is 13.4. The maximum absolute atomic E-state index is 13.4. The first-order valence-corrected chi connectivity index (χ1v) is 41.9. The molecule has 2 aliphatic heterocycles. The molecule has 98 heavy (non-hydrogen) atoms. The predicted octanol–water partition coefficient (Wildman–Crippen LogP) is 19.4. The third kappa shape index (κ3) is 50.4. The van der Waals surface area contributed by atoms with E-state index in [4.69, 9.17) is 18.9 Å². The van der Waals surface area contributed by atoms with Crippen LogP contribution >= 0.6 is 0 Å². The van der Waals surface area contributed by atoms with Crippen LogP contribution in [0.3, 0.4) is 0 Å². The fraction of sp³-hybridized carbons (Fsp3) is 0.893. The maximum atomic E-state index is 13.4. The van der Waals surface area contributed by atoms with Crippen molar-refractivity contribution in [1.29, 1.82) is 0 Å². The van der Waals surface area contributed by atoms with E-state index in [0.29, 0.717) is 12.8 Å². The van der Waals surface area contributed by atoms with E-state index in [9.17, 15) is 45.6 Å². The molecule has 2 heterocycles. The fourth-order valence-corrected chi connectivity index (χ4v) is 13.9. The Morgan fingerprint density at radius 2 is 0.653 bits per heavy atom. The molecule has 2 aliphatic rings. The number of aliphatic hydroxyl groups is 8. The lowest BCUT2D eigenvalue weighted by atomic mass is 9.97. The van der Waals surface area contributed by atoms with Gasteiger partial charge in [0.2, 0.25) is 5.91 Å². The summed E-state index contributed by atoms with van der Waals surface area (Å²) in [5.74, 6) is -0.246. The van der Waals surface area contributed by atoms with Crippen LogP contribution in [0.25, 0.3) is 0 Å². The Labute approximate surface area is 601 Å². The normalized spacial score (nSPS) is 22.2. The Morgan fingerprint density at radius 3 is 1.00 bits per heavy atom. The molecule has 0 saturated carbocycles. The van der Waals surface area contributed by atoms with E-state index in [1.807, 2.05) is 6.08 Å². The van der Waals surface area contributed by atoms with Gasteiger partial charge in [0.15, 0.2) is 12.6 Å². The van der Waals surface area contributed by atoms with Crippen molar-refractivity contribution in [1.82, 2.24) is 5.32 Å². The quantitative estimate of drug-likeness (QED) is 0.0204. The third-order valence-corrected chi connectivity index (χ3v) is 20.5. The summed E-state index contributed by atoms with van der Waals surface area (Å²) in [5.41, 5.74) is 0. The molecular weight excluding hydrogens is 1230 g/mol. The molecule has 2 rings (SSSR count). The molecule has 0 aromatic rings. The van der Waals surface area contributed by atoms with Crippen molar-refractivity contribution in [3.63, 3.8) is 0 Å². The number of ether oxygens (including phenoxy) is 4. The molecule has 12 atom stereocenters. The largest absolute Gasteiger partial charge is 0.394 e. The van der Waals surface area contributed by atoms with Crippen LogP contribution in [0, 0.1) is 0 Å². The summed E-state index contributed by atoms with van der Waals surface area (Å²) in [7, 11) is 0. The summed E-state index contributed by atoms with van der Waals surface area (Å²) in [6.07, 6.45) is 75.1. The number of hydrogen-bond donors (Lipinski definition) is 9. The topological polar surface area (TPSA) is 228 Å². The van der Waals surface area contributed by atoms with Crippen molar-refractivity contribution in [2.75, 3.05) is 19.8 Å². The van der Waals surface area contributed by atoms with Crippen molar-refractivity contribution in [3.05, 3.63) is 48.6 Å². The zero-order valence-electron chi connectivity index (χ0n) is 63.3. The molecule has 14 heteroatoms. The molecule has 1 amide bonds. The lowest BCUT2D eigenvalue weighted by Gasteiger charge is -2.46. The van der Waals surface area contributed by atoms with Crippen molar-refractivity contribution in [2.24, 2.45) is 0 Å². The number of allylic oxidation sites excluding steroid dienone is 7. The minimum Gasteiger partial charge on any atom is -0.394 e. The smallest absolute Gasteiger partial charge is 0.220 e. The number of carbonyl (C=O) groups excluding carboxylic acids is 1. The molecule has 12 unspecified atom stereocenters. The second kappa shape index (κ2) is 68.1. The van der Waals surface area contributed by atoms with E-state index >= 15 is 0 Å². The Morgan fingerprint density at radius 1 is 0.357 bits per heavy atom. The van der Waals surface area contributed by atoms with Crippen LogP contribution < -0.4 is 5.32 Å². The van der Waals surface area contributed by atoms with Crippen molar-refractivity contribution in [2.45, 2.75) is 460 Å². The lowest BCUT2D eigenvalue weighted by Crippen LogP contribution is -2.65. The number of hydrogen-bond acceptors (Lipinski definition) is 13. The Balaban J connectivity index is 1.60. The van der Waals surface area contributed by atoms with E-state index in [-0.39, 0.29) is 18.9 Å². The van der Waals surface area contributed by atoms with Crippen LogP contribution in [0.1, 0.15) is 386 Å². The van der Waals surface area contributed by atoms with Crippen LogP contribution in [0.15, 0.2) is 48.6 Å². The second-order valence-corrected chi connectivity index (χ2v) is 29.6. The number of carbonyl (C=O) groups is 1. The van der Waals surface area contributed by atoms with Gasteiger partial charge in [0.05, 0.1) is 32.0 Å². The molecule has 0 aliphatic carbocycles. The SMILES string of the molecule is CCCCCCCCCC/C=C\CCCCCCCCCCCCCCCCCCCCCCCCCCCC(=O)NC(COC1OC(CO)C(OC2OC(CO)C(O)C(O)C2O)C(O)C1O)C(O)/C=C/CC/C=C/CC/C=C/CCCCCCCCCCCCCCCCCCC. The molecular formula is C84H157NO13. The summed E-state index contributed by atoms with van der Waals surface area (Å²) >= 11 is 0. The molecule has 0 bridgehead atoms. The average molecular weight is 1390 g/mol. The predicted molar refractivity (Wildman–Crippen MR) is 406 cm³/mol. The van der Waals surface area contributed by atoms with Gasteiger partial charge in [0.1, 0.15) is 48.8 Å². The molecule has 0 spiro atoms. The Hall–Kier alpha value is -2.05. The van der Waals surface area contributed by atoms with E-state index in [1.54, 1.807) is 6.08 Å². The van der Waals surface area contributed by atoms with Gasteiger partial charge < -0.3 is 65.1 Å². The maximum Gasteiger partial charge on any atom is 0.220 e.